The number of rotatable bonds is 5. The summed E-state index contributed by atoms with van der Waals surface area (Å²) in [5.74, 6) is -1.38. The average molecular weight is 418 g/mol. The van der Waals surface area contributed by atoms with E-state index in [0.717, 1.165) is 5.56 Å². The van der Waals surface area contributed by atoms with Crippen molar-refractivity contribution in [3.05, 3.63) is 58.3 Å². The van der Waals surface area contributed by atoms with E-state index in [4.69, 9.17) is 23.2 Å². The molecule has 3 aromatic rings. The first kappa shape index (κ1) is 19.9. The Labute approximate surface area is 171 Å². The van der Waals surface area contributed by atoms with E-state index in [1.165, 1.54) is 13.3 Å². The van der Waals surface area contributed by atoms with E-state index in [9.17, 15) is 9.59 Å². The molecule has 0 radical (unpaired) electrons. The molecule has 7 nitrogen and oxygen atoms in total. The van der Waals surface area contributed by atoms with Crippen LogP contribution in [0.1, 0.15) is 12.5 Å². The molecular weight excluding hydrogens is 401 g/mol. The van der Waals surface area contributed by atoms with Gasteiger partial charge in [-0.05, 0) is 44.2 Å². The van der Waals surface area contributed by atoms with Crippen molar-refractivity contribution < 1.29 is 9.59 Å². The van der Waals surface area contributed by atoms with Crippen LogP contribution in [0.25, 0.3) is 11.4 Å². The molecule has 144 valence electrons. The minimum atomic E-state index is -0.957. The number of hydrogen-bond acceptors (Lipinski definition) is 4. The fourth-order valence-corrected chi connectivity index (χ4v) is 3.06. The second kappa shape index (κ2) is 8.41. The standard InChI is InChI=1S/C19H17Cl2N5O2/c1-10-3-4-16(15(5-10)17-22-9-23-26-17)25-19(28)11(2)18(27)24-14-7-12(20)6-13(21)8-14/h3-9,11H,1-2H3,(H,24,27)(H,25,28)(H,22,23,26). The molecule has 1 aromatic heterocycles. The molecule has 0 fully saturated rings. The monoisotopic (exact) mass is 417 g/mol. The first-order chi connectivity index (χ1) is 13.3. The van der Waals surface area contributed by atoms with E-state index in [2.05, 4.69) is 25.8 Å². The molecule has 0 saturated heterocycles. The zero-order valence-electron chi connectivity index (χ0n) is 15.1. The van der Waals surface area contributed by atoms with Gasteiger partial charge in [-0.1, -0.05) is 34.8 Å². The number of aromatic nitrogens is 3. The van der Waals surface area contributed by atoms with Crippen molar-refractivity contribution in [1.29, 1.82) is 0 Å². The van der Waals surface area contributed by atoms with E-state index in [1.807, 2.05) is 19.1 Å². The number of hydrogen-bond donors (Lipinski definition) is 3. The maximum absolute atomic E-state index is 12.6. The summed E-state index contributed by atoms with van der Waals surface area (Å²) < 4.78 is 0. The van der Waals surface area contributed by atoms with Crippen LogP contribution in [-0.2, 0) is 9.59 Å². The summed E-state index contributed by atoms with van der Waals surface area (Å²) in [7, 11) is 0. The highest BCUT2D eigenvalue weighted by Crippen LogP contribution is 2.27. The molecular formula is C19H17Cl2N5O2. The molecule has 0 spiro atoms. The van der Waals surface area contributed by atoms with E-state index < -0.39 is 17.7 Å². The quantitative estimate of drug-likeness (QED) is 0.538. The lowest BCUT2D eigenvalue weighted by Gasteiger charge is -2.15. The van der Waals surface area contributed by atoms with Crippen LogP contribution >= 0.6 is 23.2 Å². The molecule has 9 heteroatoms. The first-order valence-corrected chi connectivity index (χ1v) is 9.13. The zero-order chi connectivity index (χ0) is 20.3. The average Bonchev–Trinajstić information content (AvgIpc) is 3.16. The summed E-state index contributed by atoms with van der Waals surface area (Å²) in [4.78, 5) is 29.2. The van der Waals surface area contributed by atoms with Crippen molar-refractivity contribution in [3.8, 4) is 11.4 Å². The lowest BCUT2D eigenvalue weighted by Crippen LogP contribution is -2.31. The minimum Gasteiger partial charge on any atom is -0.325 e. The second-order valence-corrected chi connectivity index (χ2v) is 7.11. The summed E-state index contributed by atoms with van der Waals surface area (Å²) in [5.41, 5.74) is 2.62. The van der Waals surface area contributed by atoms with Gasteiger partial charge in [-0.2, -0.15) is 5.10 Å². The lowest BCUT2D eigenvalue weighted by atomic mass is 10.1. The maximum Gasteiger partial charge on any atom is 0.236 e. The van der Waals surface area contributed by atoms with Gasteiger partial charge in [-0.15, -0.1) is 0 Å². The number of benzene rings is 2. The SMILES string of the molecule is Cc1ccc(NC(=O)C(C)C(=O)Nc2cc(Cl)cc(Cl)c2)c(-c2ncn[nH]2)c1. The third-order valence-electron chi connectivity index (χ3n) is 4.02. The molecule has 0 aliphatic rings. The Morgan fingerprint density at radius 1 is 1.04 bits per heavy atom. The van der Waals surface area contributed by atoms with Gasteiger partial charge in [0.05, 0.1) is 5.69 Å². The van der Waals surface area contributed by atoms with Gasteiger partial charge in [0.1, 0.15) is 12.2 Å². The topological polar surface area (TPSA) is 99.8 Å². The van der Waals surface area contributed by atoms with Crippen LogP contribution in [0, 0.1) is 12.8 Å². The van der Waals surface area contributed by atoms with E-state index in [0.29, 0.717) is 32.8 Å². The van der Waals surface area contributed by atoms with Crippen LogP contribution in [0.4, 0.5) is 11.4 Å². The normalized spacial score (nSPS) is 11.7. The van der Waals surface area contributed by atoms with E-state index in [-0.39, 0.29) is 0 Å². The number of H-pyrrole nitrogens is 1. The molecule has 0 aliphatic heterocycles. The smallest absolute Gasteiger partial charge is 0.236 e. The van der Waals surface area contributed by atoms with Gasteiger partial charge in [0.2, 0.25) is 11.8 Å². The molecule has 1 heterocycles. The van der Waals surface area contributed by atoms with Crippen LogP contribution in [0.5, 0.6) is 0 Å². The molecule has 3 N–H and O–H groups in total. The summed E-state index contributed by atoms with van der Waals surface area (Å²) in [6.07, 6.45) is 1.38. The number of aryl methyl sites for hydroxylation is 1. The minimum absolute atomic E-state index is 0.385. The Balaban J connectivity index is 1.75. The second-order valence-electron chi connectivity index (χ2n) is 6.24. The van der Waals surface area contributed by atoms with Crippen molar-refractivity contribution >= 4 is 46.4 Å². The predicted octanol–water partition coefficient (Wildman–Crippen LogP) is 4.30. The number of nitrogens with one attached hydrogen (secondary N) is 3. The molecule has 1 unspecified atom stereocenters. The van der Waals surface area contributed by atoms with Crippen molar-refractivity contribution in [2.45, 2.75) is 13.8 Å². The number of halogens is 2. The Morgan fingerprint density at radius 3 is 2.36 bits per heavy atom. The summed E-state index contributed by atoms with van der Waals surface area (Å²) >= 11 is 11.9. The van der Waals surface area contributed by atoms with Crippen molar-refractivity contribution in [1.82, 2.24) is 15.2 Å². The van der Waals surface area contributed by atoms with Crippen LogP contribution < -0.4 is 10.6 Å². The number of amides is 2. The van der Waals surface area contributed by atoms with Gasteiger partial charge >= 0.3 is 0 Å². The van der Waals surface area contributed by atoms with E-state index in [1.54, 1.807) is 24.3 Å². The van der Waals surface area contributed by atoms with E-state index >= 15 is 0 Å². The molecule has 0 bridgehead atoms. The fourth-order valence-electron chi connectivity index (χ4n) is 2.53. The molecule has 1 atom stereocenters. The lowest BCUT2D eigenvalue weighted by molar-refractivity contribution is -0.128. The highest BCUT2D eigenvalue weighted by Gasteiger charge is 2.23. The third kappa shape index (κ3) is 4.68. The molecule has 0 saturated carbocycles. The highest BCUT2D eigenvalue weighted by molar-refractivity contribution is 6.35. The Hall–Kier alpha value is -2.90. The maximum atomic E-state index is 12.6. The van der Waals surface area contributed by atoms with Crippen LogP contribution in [-0.4, -0.2) is 27.0 Å². The number of anilines is 2. The molecule has 3 rings (SSSR count). The number of nitrogens with zero attached hydrogens (tertiary/aromatic N) is 2. The van der Waals surface area contributed by atoms with Crippen molar-refractivity contribution in [2.24, 2.45) is 5.92 Å². The van der Waals surface area contributed by atoms with Gasteiger partial charge in [0.15, 0.2) is 5.82 Å². The molecule has 0 aliphatic carbocycles. The van der Waals surface area contributed by atoms with Gasteiger partial charge in [-0.25, -0.2) is 4.98 Å². The molecule has 2 amide bonds. The summed E-state index contributed by atoms with van der Waals surface area (Å²) in [6.45, 7) is 3.44. The summed E-state index contributed by atoms with van der Waals surface area (Å²) in [5, 5.41) is 12.8. The number of carbonyl (C=O) groups is 2. The van der Waals surface area contributed by atoms with Crippen LogP contribution in [0.15, 0.2) is 42.7 Å². The predicted molar refractivity (Wildman–Crippen MR) is 109 cm³/mol. The summed E-state index contributed by atoms with van der Waals surface area (Å²) in [6, 6.07) is 10.1. The number of aromatic amines is 1. The van der Waals surface area contributed by atoms with Gasteiger partial charge in [0, 0.05) is 21.3 Å². The van der Waals surface area contributed by atoms with Gasteiger partial charge in [-0.3, -0.25) is 14.7 Å². The van der Waals surface area contributed by atoms with Crippen molar-refractivity contribution in [2.75, 3.05) is 10.6 Å². The Kier molecular flexibility index (Phi) is 5.96. The highest BCUT2D eigenvalue weighted by atomic mass is 35.5. The van der Waals surface area contributed by atoms with Crippen molar-refractivity contribution in [3.63, 3.8) is 0 Å². The zero-order valence-corrected chi connectivity index (χ0v) is 16.6. The Morgan fingerprint density at radius 2 is 1.71 bits per heavy atom. The fraction of sp³-hybridized carbons (Fsp3) is 0.158. The molecule has 2 aromatic carbocycles. The van der Waals surface area contributed by atoms with Gasteiger partial charge < -0.3 is 10.6 Å². The first-order valence-electron chi connectivity index (χ1n) is 8.37. The third-order valence-corrected chi connectivity index (χ3v) is 4.46. The van der Waals surface area contributed by atoms with Crippen LogP contribution in [0.3, 0.4) is 0 Å². The number of carbonyl (C=O) groups excluding carboxylic acids is 2. The molecule has 28 heavy (non-hydrogen) atoms. The van der Waals surface area contributed by atoms with Crippen LogP contribution in [0.2, 0.25) is 10.0 Å². The Bertz CT molecular complexity index is 1000. The van der Waals surface area contributed by atoms with Gasteiger partial charge in [0.25, 0.3) is 0 Å². The largest absolute Gasteiger partial charge is 0.325 e.